The van der Waals surface area contributed by atoms with E-state index in [1.54, 1.807) is 30.3 Å². The minimum absolute atomic E-state index is 0.0790. The van der Waals surface area contributed by atoms with Crippen LogP contribution in [0.4, 0.5) is 17.6 Å². The van der Waals surface area contributed by atoms with E-state index in [-0.39, 0.29) is 12.4 Å². The highest BCUT2D eigenvalue weighted by Gasteiger charge is 2.42. The van der Waals surface area contributed by atoms with Crippen LogP contribution in [0.25, 0.3) is 0 Å². The van der Waals surface area contributed by atoms with Crippen molar-refractivity contribution in [1.29, 1.82) is 0 Å². The van der Waals surface area contributed by atoms with Gasteiger partial charge < -0.3 is 14.2 Å². The number of hydrogen-bond donors (Lipinski definition) is 0. The lowest BCUT2D eigenvalue weighted by atomic mass is 10.2. The molecule has 140 valence electrons. The Hall–Kier alpha value is -2.61. The van der Waals surface area contributed by atoms with Crippen molar-refractivity contribution in [3.63, 3.8) is 0 Å². The molecule has 0 saturated heterocycles. The summed E-state index contributed by atoms with van der Waals surface area (Å²) in [6.45, 7) is -0.222. The predicted molar refractivity (Wildman–Crippen MR) is 84.2 cm³/mol. The van der Waals surface area contributed by atoms with E-state index in [2.05, 4.69) is 4.74 Å². The van der Waals surface area contributed by atoms with Gasteiger partial charge in [0.1, 0.15) is 5.75 Å². The number of hydrogen-bond acceptors (Lipinski definition) is 4. The summed E-state index contributed by atoms with van der Waals surface area (Å²) >= 11 is 0. The molecule has 0 aliphatic heterocycles. The van der Waals surface area contributed by atoms with Crippen LogP contribution in [0.2, 0.25) is 0 Å². The number of halogens is 4. The van der Waals surface area contributed by atoms with Crippen molar-refractivity contribution in [3.8, 4) is 11.5 Å². The molecule has 0 aromatic heterocycles. The molecule has 0 N–H and O–H groups in total. The fraction of sp³-hybridized carbons (Fsp3) is 0.278. The molecule has 2 aromatic carbocycles. The molecule has 0 aliphatic carbocycles. The summed E-state index contributed by atoms with van der Waals surface area (Å²) in [6, 6.07) is 12.3. The average Bonchev–Trinajstić information content (AvgIpc) is 2.56. The molecule has 0 bridgehead atoms. The fourth-order valence-corrected chi connectivity index (χ4v) is 2.01. The summed E-state index contributed by atoms with van der Waals surface area (Å²) in [6.07, 6.45) is -7.10. The molecule has 0 heterocycles. The third-order valence-corrected chi connectivity index (χ3v) is 3.18. The fourth-order valence-electron chi connectivity index (χ4n) is 2.01. The van der Waals surface area contributed by atoms with Crippen molar-refractivity contribution in [2.45, 2.75) is 25.8 Å². The Bertz CT molecular complexity index is 732. The van der Waals surface area contributed by atoms with Crippen LogP contribution in [0.3, 0.4) is 0 Å². The lowest BCUT2D eigenvalue weighted by Gasteiger charge is -2.20. The maximum absolute atomic E-state index is 13.8. The Balaban J connectivity index is 1.99. The van der Waals surface area contributed by atoms with Gasteiger partial charge in [0.2, 0.25) is 6.10 Å². The molecule has 0 aliphatic rings. The van der Waals surface area contributed by atoms with Crippen molar-refractivity contribution in [1.82, 2.24) is 0 Å². The molecule has 0 amide bonds. The van der Waals surface area contributed by atoms with Gasteiger partial charge in [0.15, 0.2) is 11.6 Å². The van der Waals surface area contributed by atoms with Crippen LogP contribution in [-0.2, 0) is 20.9 Å². The molecule has 2 aromatic rings. The lowest BCUT2D eigenvalue weighted by molar-refractivity contribution is -0.232. The second kappa shape index (κ2) is 8.66. The third kappa shape index (κ3) is 6.03. The van der Waals surface area contributed by atoms with E-state index in [1.165, 1.54) is 12.1 Å². The minimum Gasteiger partial charge on any atom is -0.454 e. The molecule has 0 saturated carbocycles. The van der Waals surface area contributed by atoms with E-state index >= 15 is 0 Å². The van der Waals surface area contributed by atoms with Crippen LogP contribution < -0.4 is 4.74 Å². The standard InChI is InChI=1S/C18H16F4O4/c1-12(23)25-17(18(20,21)22)11-24-10-13-7-8-15(19)16(9-13)26-14-5-3-2-4-6-14/h2-9,17H,10-11H2,1H3. The largest absolute Gasteiger partial charge is 0.454 e. The Labute approximate surface area is 147 Å². The molecule has 26 heavy (non-hydrogen) atoms. The third-order valence-electron chi connectivity index (χ3n) is 3.18. The van der Waals surface area contributed by atoms with Gasteiger partial charge in [-0.3, -0.25) is 4.79 Å². The van der Waals surface area contributed by atoms with Crippen LogP contribution in [0.5, 0.6) is 11.5 Å². The molecule has 0 spiro atoms. The van der Waals surface area contributed by atoms with E-state index < -0.39 is 30.7 Å². The van der Waals surface area contributed by atoms with Gasteiger partial charge in [-0.05, 0) is 29.8 Å². The van der Waals surface area contributed by atoms with Gasteiger partial charge in [0, 0.05) is 6.92 Å². The van der Waals surface area contributed by atoms with Gasteiger partial charge in [0.05, 0.1) is 13.2 Å². The summed E-state index contributed by atoms with van der Waals surface area (Å²) in [5.41, 5.74) is 0.404. The molecule has 2 rings (SSSR count). The zero-order valence-corrected chi connectivity index (χ0v) is 13.8. The molecule has 0 fully saturated rings. The Morgan fingerprint density at radius 1 is 1.12 bits per heavy atom. The number of esters is 1. The lowest BCUT2D eigenvalue weighted by Crippen LogP contribution is -2.37. The van der Waals surface area contributed by atoms with Crippen molar-refractivity contribution < 1.29 is 36.6 Å². The van der Waals surface area contributed by atoms with Gasteiger partial charge in [-0.25, -0.2) is 4.39 Å². The Kier molecular flexibility index (Phi) is 6.57. The highest BCUT2D eigenvalue weighted by molar-refractivity contribution is 5.66. The van der Waals surface area contributed by atoms with E-state index in [9.17, 15) is 22.4 Å². The smallest absolute Gasteiger partial charge is 0.427 e. The number of alkyl halides is 3. The number of ether oxygens (including phenoxy) is 3. The summed E-state index contributed by atoms with van der Waals surface area (Å²) in [4.78, 5) is 10.8. The average molecular weight is 372 g/mol. The zero-order chi connectivity index (χ0) is 19.2. The summed E-state index contributed by atoms with van der Waals surface area (Å²) < 4.78 is 66.6. The monoisotopic (exact) mass is 372 g/mol. The van der Waals surface area contributed by atoms with E-state index in [1.807, 2.05) is 0 Å². The molecule has 1 unspecified atom stereocenters. The van der Waals surface area contributed by atoms with Crippen LogP contribution in [-0.4, -0.2) is 24.9 Å². The first-order chi connectivity index (χ1) is 12.3. The molecular formula is C18H16F4O4. The van der Waals surface area contributed by atoms with E-state index in [4.69, 9.17) is 9.47 Å². The number of benzene rings is 2. The second-order valence-corrected chi connectivity index (χ2v) is 5.33. The SMILES string of the molecule is CC(=O)OC(COCc1ccc(F)c(Oc2ccccc2)c1)C(F)(F)F. The van der Waals surface area contributed by atoms with Crippen molar-refractivity contribution in [2.75, 3.05) is 6.61 Å². The van der Waals surface area contributed by atoms with Gasteiger partial charge in [-0.15, -0.1) is 0 Å². The second-order valence-electron chi connectivity index (χ2n) is 5.33. The Morgan fingerprint density at radius 2 is 1.81 bits per heavy atom. The highest BCUT2D eigenvalue weighted by atomic mass is 19.4. The molecule has 4 nitrogen and oxygen atoms in total. The number of rotatable bonds is 7. The van der Waals surface area contributed by atoms with E-state index in [0.717, 1.165) is 13.0 Å². The first kappa shape index (κ1) is 19.7. The quantitative estimate of drug-likeness (QED) is 0.525. The first-order valence-electron chi connectivity index (χ1n) is 7.58. The number of para-hydroxylation sites is 1. The van der Waals surface area contributed by atoms with Crippen LogP contribution in [0, 0.1) is 5.82 Å². The van der Waals surface area contributed by atoms with Crippen molar-refractivity contribution in [3.05, 3.63) is 59.9 Å². The zero-order valence-electron chi connectivity index (χ0n) is 13.8. The highest BCUT2D eigenvalue weighted by Crippen LogP contribution is 2.26. The predicted octanol–water partition coefficient (Wildman–Crippen LogP) is 4.63. The topological polar surface area (TPSA) is 44.8 Å². The Morgan fingerprint density at radius 3 is 2.42 bits per heavy atom. The van der Waals surface area contributed by atoms with Crippen molar-refractivity contribution >= 4 is 5.97 Å². The van der Waals surface area contributed by atoms with Crippen LogP contribution in [0.15, 0.2) is 48.5 Å². The maximum Gasteiger partial charge on any atom is 0.427 e. The minimum atomic E-state index is -4.74. The normalized spacial score (nSPS) is 12.5. The van der Waals surface area contributed by atoms with Crippen LogP contribution in [0.1, 0.15) is 12.5 Å². The summed E-state index contributed by atoms with van der Waals surface area (Å²) in [7, 11) is 0. The molecule has 0 radical (unpaired) electrons. The number of carbonyl (C=O) groups is 1. The molecule has 8 heteroatoms. The van der Waals surface area contributed by atoms with Crippen LogP contribution >= 0.6 is 0 Å². The van der Waals surface area contributed by atoms with Gasteiger partial charge in [-0.2, -0.15) is 13.2 Å². The maximum atomic E-state index is 13.8. The summed E-state index contributed by atoms with van der Waals surface area (Å²) in [5.74, 6) is -1.34. The van der Waals surface area contributed by atoms with Gasteiger partial charge in [0.25, 0.3) is 0 Å². The number of carbonyl (C=O) groups excluding carboxylic acids is 1. The van der Waals surface area contributed by atoms with Crippen molar-refractivity contribution in [2.24, 2.45) is 0 Å². The summed E-state index contributed by atoms with van der Waals surface area (Å²) in [5, 5.41) is 0. The van der Waals surface area contributed by atoms with Gasteiger partial charge >= 0.3 is 12.1 Å². The van der Waals surface area contributed by atoms with Gasteiger partial charge in [-0.1, -0.05) is 24.3 Å². The molecular weight excluding hydrogens is 356 g/mol. The first-order valence-corrected chi connectivity index (χ1v) is 7.58. The molecule has 1 atom stereocenters. The van der Waals surface area contributed by atoms with E-state index in [0.29, 0.717) is 11.3 Å².